The minimum Gasteiger partial charge on any atom is -0.394 e. The predicted molar refractivity (Wildman–Crippen MR) is 64.3 cm³/mol. The summed E-state index contributed by atoms with van der Waals surface area (Å²) in [6, 6.07) is 0. The first-order valence-electron chi connectivity index (χ1n) is 5.08. The van der Waals surface area contributed by atoms with Crippen molar-refractivity contribution in [1.82, 2.24) is 20.5 Å². The van der Waals surface area contributed by atoms with Crippen LogP contribution in [-0.2, 0) is 0 Å². The molecule has 0 saturated carbocycles. The van der Waals surface area contributed by atoms with Crippen LogP contribution in [0.4, 0.5) is 0 Å². The SMILES string of the molecule is C/C=C/c1n[nH]c(C)n1.CC/C=C\NC. The van der Waals surface area contributed by atoms with Gasteiger partial charge in [0.15, 0.2) is 5.82 Å². The van der Waals surface area contributed by atoms with Gasteiger partial charge in [-0.25, -0.2) is 4.98 Å². The van der Waals surface area contributed by atoms with Crippen molar-refractivity contribution in [3.05, 3.63) is 30.0 Å². The summed E-state index contributed by atoms with van der Waals surface area (Å²) in [6.45, 7) is 5.92. The van der Waals surface area contributed by atoms with Crippen LogP contribution in [0.5, 0.6) is 0 Å². The van der Waals surface area contributed by atoms with Crippen molar-refractivity contribution in [1.29, 1.82) is 0 Å². The minimum absolute atomic E-state index is 0.745. The Hall–Kier alpha value is -1.58. The second kappa shape index (κ2) is 8.99. The van der Waals surface area contributed by atoms with Crippen molar-refractivity contribution in [2.45, 2.75) is 27.2 Å². The Bertz CT molecular complexity index is 293. The first-order chi connectivity index (χ1) is 7.24. The molecule has 0 saturated heterocycles. The lowest BCUT2D eigenvalue weighted by atomic mass is 10.5. The summed E-state index contributed by atoms with van der Waals surface area (Å²) in [6.07, 6.45) is 8.87. The standard InChI is InChI=1S/C6H9N3.C5H11N/c1-3-4-6-7-5(2)8-9-6;1-3-4-5-6-2/h3-4H,1-2H3,(H,7,8,9);4-6H,3H2,1-2H3/b4-3+;5-4-. The van der Waals surface area contributed by atoms with Crippen LogP contribution in [0.15, 0.2) is 18.4 Å². The molecule has 4 heteroatoms. The largest absolute Gasteiger partial charge is 0.394 e. The van der Waals surface area contributed by atoms with Crippen LogP contribution in [-0.4, -0.2) is 22.2 Å². The Balaban J connectivity index is 0.000000288. The molecule has 15 heavy (non-hydrogen) atoms. The number of aromatic nitrogens is 3. The van der Waals surface area contributed by atoms with E-state index in [4.69, 9.17) is 0 Å². The second-order valence-electron chi connectivity index (χ2n) is 2.88. The number of allylic oxidation sites excluding steroid dienone is 2. The number of aryl methyl sites for hydroxylation is 1. The molecule has 0 atom stereocenters. The Kier molecular flexibility index (Phi) is 8.05. The van der Waals surface area contributed by atoms with Crippen LogP contribution < -0.4 is 5.32 Å². The molecule has 4 nitrogen and oxygen atoms in total. The monoisotopic (exact) mass is 208 g/mol. The van der Waals surface area contributed by atoms with Crippen molar-refractivity contribution < 1.29 is 0 Å². The Morgan fingerprint density at radius 3 is 2.53 bits per heavy atom. The van der Waals surface area contributed by atoms with E-state index in [1.807, 2.05) is 39.2 Å². The van der Waals surface area contributed by atoms with E-state index < -0.39 is 0 Å². The molecule has 0 aliphatic rings. The molecule has 0 spiro atoms. The lowest BCUT2D eigenvalue weighted by Crippen LogP contribution is -1.89. The van der Waals surface area contributed by atoms with Crippen molar-refractivity contribution in [3.8, 4) is 0 Å². The summed E-state index contributed by atoms with van der Waals surface area (Å²) in [4.78, 5) is 4.05. The van der Waals surface area contributed by atoms with Crippen molar-refractivity contribution in [3.63, 3.8) is 0 Å². The van der Waals surface area contributed by atoms with Crippen molar-refractivity contribution >= 4 is 6.08 Å². The summed E-state index contributed by atoms with van der Waals surface area (Å²) < 4.78 is 0. The molecule has 0 bridgehead atoms. The van der Waals surface area contributed by atoms with E-state index in [1.165, 1.54) is 0 Å². The van der Waals surface area contributed by atoms with Gasteiger partial charge in [-0.3, -0.25) is 5.10 Å². The lowest BCUT2D eigenvalue weighted by molar-refractivity contribution is 1.03. The van der Waals surface area contributed by atoms with Gasteiger partial charge >= 0.3 is 0 Å². The molecule has 1 aromatic heterocycles. The van der Waals surface area contributed by atoms with E-state index in [-0.39, 0.29) is 0 Å². The number of nitrogens with zero attached hydrogens (tertiary/aromatic N) is 2. The van der Waals surface area contributed by atoms with Crippen LogP contribution in [0.3, 0.4) is 0 Å². The van der Waals surface area contributed by atoms with Gasteiger partial charge in [-0.1, -0.05) is 19.1 Å². The first kappa shape index (κ1) is 13.4. The van der Waals surface area contributed by atoms with Crippen molar-refractivity contribution in [2.24, 2.45) is 0 Å². The highest BCUT2D eigenvalue weighted by atomic mass is 15.2. The molecular weight excluding hydrogens is 188 g/mol. The van der Waals surface area contributed by atoms with E-state index in [0.29, 0.717) is 0 Å². The fraction of sp³-hybridized carbons (Fsp3) is 0.455. The molecule has 0 aliphatic carbocycles. The lowest BCUT2D eigenvalue weighted by Gasteiger charge is -1.79. The average Bonchev–Trinajstić information content (AvgIpc) is 2.63. The van der Waals surface area contributed by atoms with Crippen LogP contribution in [0.1, 0.15) is 31.9 Å². The Labute approximate surface area is 91.5 Å². The zero-order chi connectivity index (χ0) is 11.5. The quantitative estimate of drug-likeness (QED) is 0.801. The third kappa shape index (κ3) is 7.49. The summed E-state index contributed by atoms with van der Waals surface area (Å²) in [5.41, 5.74) is 0. The van der Waals surface area contributed by atoms with E-state index in [2.05, 4.69) is 33.5 Å². The van der Waals surface area contributed by atoms with Gasteiger partial charge in [-0.05, 0) is 32.5 Å². The normalized spacial score (nSPS) is 10.4. The van der Waals surface area contributed by atoms with Gasteiger partial charge in [0.05, 0.1) is 0 Å². The van der Waals surface area contributed by atoms with Crippen LogP contribution in [0, 0.1) is 6.92 Å². The first-order valence-corrected chi connectivity index (χ1v) is 5.08. The van der Waals surface area contributed by atoms with Gasteiger partial charge in [-0.2, -0.15) is 5.10 Å². The number of nitrogens with one attached hydrogen (secondary N) is 2. The zero-order valence-electron chi connectivity index (χ0n) is 9.91. The molecular formula is C11H20N4. The van der Waals surface area contributed by atoms with E-state index in [0.717, 1.165) is 18.1 Å². The van der Waals surface area contributed by atoms with Crippen LogP contribution >= 0.6 is 0 Å². The Morgan fingerprint density at radius 2 is 2.20 bits per heavy atom. The molecule has 84 valence electrons. The highest BCUT2D eigenvalue weighted by molar-refractivity contribution is 5.37. The van der Waals surface area contributed by atoms with E-state index in [1.54, 1.807) is 0 Å². The number of aromatic amines is 1. The molecule has 2 N–H and O–H groups in total. The zero-order valence-corrected chi connectivity index (χ0v) is 9.91. The molecule has 0 aliphatic heterocycles. The van der Waals surface area contributed by atoms with E-state index >= 15 is 0 Å². The molecule has 0 amide bonds. The van der Waals surface area contributed by atoms with Crippen LogP contribution in [0.25, 0.3) is 6.08 Å². The maximum atomic E-state index is 4.05. The number of H-pyrrole nitrogens is 1. The van der Waals surface area contributed by atoms with Crippen molar-refractivity contribution in [2.75, 3.05) is 7.05 Å². The molecule has 0 unspecified atom stereocenters. The Morgan fingerprint density at radius 1 is 1.47 bits per heavy atom. The fourth-order valence-corrected chi connectivity index (χ4v) is 0.819. The maximum absolute atomic E-state index is 4.05. The fourth-order valence-electron chi connectivity index (χ4n) is 0.819. The molecule has 1 aromatic rings. The molecule has 0 fully saturated rings. The summed E-state index contributed by atoms with van der Waals surface area (Å²) in [5, 5.41) is 9.51. The summed E-state index contributed by atoms with van der Waals surface area (Å²) >= 11 is 0. The highest BCUT2D eigenvalue weighted by Gasteiger charge is 1.90. The molecule has 0 radical (unpaired) electrons. The predicted octanol–water partition coefficient (Wildman–Crippen LogP) is 2.28. The average molecular weight is 208 g/mol. The maximum Gasteiger partial charge on any atom is 0.173 e. The number of rotatable bonds is 3. The topological polar surface area (TPSA) is 53.6 Å². The van der Waals surface area contributed by atoms with Gasteiger partial charge < -0.3 is 5.32 Å². The van der Waals surface area contributed by atoms with Crippen LogP contribution in [0.2, 0.25) is 0 Å². The van der Waals surface area contributed by atoms with E-state index in [9.17, 15) is 0 Å². The van der Waals surface area contributed by atoms with Gasteiger partial charge in [0.2, 0.25) is 0 Å². The number of hydrogen-bond donors (Lipinski definition) is 2. The summed E-state index contributed by atoms with van der Waals surface area (Å²) in [5.74, 6) is 1.60. The smallest absolute Gasteiger partial charge is 0.173 e. The molecule has 1 rings (SSSR count). The van der Waals surface area contributed by atoms with Gasteiger partial charge in [0.25, 0.3) is 0 Å². The number of hydrogen-bond acceptors (Lipinski definition) is 3. The van der Waals surface area contributed by atoms with Gasteiger partial charge in [0, 0.05) is 7.05 Å². The summed E-state index contributed by atoms with van der Waals surface area (Å²) in [7, 11) is 1.90. The third-order valence-corrected chi connectivity index (χ3v) is 1.45. The molecule has 1 heterocycles. The third-order valence-electron chi connectivity index (χ3n) is 1.45. The van der Waals surface area contributed by atoms with Gasteiger partial charge in [0.1, 0.15) is 5.82 Å². The minimum atomic E-state index is 0.745. The molecule has 0 aromatic carbocycles. The van der Waals surface area contributed by atoms with Gasteiger partial charge in [-0.15, -0.1) is 0 Å². The second-order valence-corrected chi connectivity index (χ2v) is 2.88. The highest BCUT2D eigenvalue weighted by Crippen LogP contribution is 1.91.